The number of halogens is 1. The summed E-state index contributed by atoms with van der Waals surface area (Å²) < 4.78 is 0.973. The molecule has 0 bridgehead atoms. The first-order chi connectivity index (χ1) is 9.31. The molecule has 110 valence electrons. The van der Waals surface area contributed by atoms with Gasteiger partial charge < -0.3 is 16.0 Å². The number of fused-ring (bicyclic) bond motifs is 1. The van der Waals surface area contributed by atoms with Crippen LogP contribution in [0, 0.1) is 5.92 Å². The van der Waals surface area contributed by atoms with Crippen molar-refractivity contribution in [2.45, 2.75) is 39.3 Å². The monoisotopic (exact) mass is 339 g/mol. The first kappa shape index (κ1) is 15.3. The standard InChI is InChI=1S/C15H22BrN3O/c1-8(2)5-9(3)19(4)13-7-12-10(6-11(13)16)14(17)15(20)18-12/h6-9,14H,5,17H2,1-4H3,(H,18,20). The maximum Gasteiger partial charge on any atom is 0.245 e. The number of nitrogens with two attached hydrogens (primary N) is 1. The number of nitrogens with one attached hydrogen (secondary N) is 1. The van der Waals surface area contributed by atoms with E-state index in [1.165, 1.54) is 0 Å². The Morgan fingerprint density at radius 3 is 2.65 bits per heavy atom. The molecule has 0 fully saturated rings. The van der Waals surface area contributed by atoms with Crippen molar-refractivity contribution in [1.82, 2.24) is 0 Å². The first-order valence-electron chi connectivity index (χ1n) is 6.94. The summed E-state index contributed by atoms with van der Waals surface area (Å²) >= 11 is 3.60. The van der Waals surface area contributed by atoms with Crippen LogP contribution in [0.2, 0.25) is 0 Å². The number of carbonyl (C=O) groups excluding carboxylic acids is 1. The highest BCUT2D eigenvalue weighted by atomic mass is 79.9. The highest BCUT2D eigenvalue weighted by Gasteiger charge is 2.29. The summed E-state index contributed by atoms with van der Waals surface area (Å²) in [6, 6.07) is 3.82. The van der Waals surface area contributed by atoms with E-state index in [1.807, 2.05) is 12.1 Å². The third kappa shape index (κ3) is 2.83. The minimum absolute atomic E-state index is 0.137. The van der Waals surface area contributed by atoms with E-state index in [9.17, 15) is 4.79 Å². The minimum atomic E-state index is -0.561. The number of anilines is 2. The Bertz CT molecular complexity index is 530. The molecule has 0 radical (unpaired) electrons. The lowest BCUT2D eigenvalue weighted by molar-refractivity contribution is -0.116. The van der Waals surface area contributed by atoms with E-state index in [4.69, 9.17) is 5.73 Å². The van der Waals surface area contributed by atoms with Crippen molar-refractivity contribution >= 4 is 33.2 Å². The average Bonchev–Trinajstić information content (AvgIpc) is 2.63. The number of hydrogen-bond acceptors (Lipinski definition) is 3. The lowest BCUT2D eigenvalue weighted by Gasteiger charge is -2.29. The van der Waals surface area contributed by atoms with Gasteiger partial charge in [0.15, 0.2) is 0 Å². The van der Waals surface area contributed by atoms with Crippen LogP contribution in [-0.4, -0.2) is 19.0 Å². The lowest BCUT2D eigenvalue weighted by Crippen LogP contribution is -2.30. The Balaban J connectivity index is 2.30. The number of benzene rings is 1. The predicted molar refractivity (Wildman–Crippen MR) is 87.0 cm³/mol. The fourth-order valence-electron chi connectivity index (χ4n) is 2.64. The van der Waals surface area contributed by atoms with Crippen LogP contribution in [0.3, 0.4) is 0 Å². The lowest BCUT2D eigenvalue weighted by atomic mass is 10.0. The Hall–Kier alpha value is -1.07. The zero-order valence-electron chi connectivity index (χ0n) is 12.4. The molecule has 2 atom stereocenters. The summed E-state index contributed by atoms with van der Waals surface area (Å²) in [6.07, 6.45) is 1.12. The Kier molecular flexibility index (Phi) is 4.39. The van der Waals surface area contributed by atoms with Gasteiger partial charge in [-0.15, -0.1) is 0 Å². The largest absolute Gasteiger partial charge is 0.371 e. The van der Waals surface area contributed by atoms with Crippen molar-refractivity contribution in [2.24, 2.45) is 11.7 Å². The summed E-state index contributed by atoms with van der Waals surface area (Å²) in [6.45, 7) is 6.66. The van der Waals surface area contributed by atoms with Gasteiger partial charge in [0.2, 0.25) is 5.91 Å². The molecule has 2 unspecified atom stereocenters. The molecule has 0 saturated heterocycles. The summed E-state index contributed by atoms with van der Waals surface area (Å²) in [5.74, 6) is 0.510. The summed E-state index contributed by atoms with van der Waals surface area (Å²) in [5, 5.41) is 2.84. The molecule has 1 amide bonds. The second-order valence-electron chi connectivity index (χ2n) is 5.95. The van der Waals surface area contributed by atoms with Gasteiger partial charge in [-0.2, -0.15) is 0 Å². The van der Waals surface area contributed by atoms with E-state index in [0.717, 1.165) is 27.8 Å². The van der Waals surface area contributed by atoms with Gasteiger partial charge in [0, 0.05) is 28.8 Å². The van der Waals surface area contributed by atoms with Crippen molar-refractivity contribution in [3.05, 3.63) is 22.2 Å². The van der Waals surface area contributed by atoms with Gasteiger partial charge in [-0.1, -0.05) is 13.8 Å². The van der Waals surface area contributed by atoms with Gasteiger partial charge >= 0.3 is 0 Å². The van der Waals surface area contributed by atoms with Gasteiger partial charge in [-0.3, -0.25) is 4.79 Å². The fourth-order valence-corrected chi connectivity index (χ4v) is 3.28. The van der Waals surface area contributed by atoms with E-state index in [-0.39, 0.29) is 5.91 Å². The molecular weight excluding hydrogens is 318 g/mol. The summed E-state index contributed by atoms with van der Waals surface area (Å²) in [5.41, 5.74) is 8.62. The molecule has 1 aliphatic rings. The van der Waals surface area contributed by atoms with Crippen molar-refractivity contribution in [2.75, 3.05) is 17.3 Å². The highest BCUT2D eigenvalue weighted by molar-refractivity contribution is 9.10. The van der Waals surface area contributed by atoms with E-state index >= 15 is 0 Å². The summed E-state index contributed by atoms with van der Waals surface area (Å²) in [4.78, 5) is 13.9. The molecule has 0 aromatic heterocycles. The summed E-state index contributed by atoms with van der Waals surface area (Å²) in [7, 11) is 2.08. The number of rotatable bonds is 4. The van der Waals surface area contributed by atoms with Crippen LogP contribution in [0.15, 0.2) is 16.6 Å². The fraction of sp³-hybridized carbons (Fsp3) is 0.533. The Morgan fingerprint density at radius 2 is 2.05 bits per heavy atom. The Morgan fingerprint density at radius 1 is 1.40 bits per heavy atom. The third-order valence-electron chi connectivity index (χ3n) is 3.85. The van der Waals surface area contributed by atoms with Crippen LogP contribution in [0.25, 0.3) is 0 Å². The van der Waals surface area contributed by atoms with E-state index in [1.54, 1.807) is 0 Å². The van der Waals surface area contributed by atoms with Crippen molar-refractivity contribution in [1.29, 1.82) is 0 Å². The molecule has 4 nitrogen and oxygen atoms in total. The number of amides is 1. The average molecular weight is 340 g/mol. The SMILES string of the molecule is CC(C)CC(C)N(C)c1cc2c(cc1Br)C(N)C(=O)N2. The maximum absolute atomic E-state index is 11.6. The quantitative estimate of drug-likeness (QED) is 0.884. The molecule has 1 heterocycles. The van der Waals surface area contributed by atoms with Crippen molar-refractivity contribution in [3.63, 3.8) is 0 Å². The van der Waals surface area contributed by atoms with Gasteiger partial charge in [0.05, 0.1) is 5.69 Å². The topological polar surface area (TPSA) is 58.4 Å². The zero-order chi connectivity index (χ0) is 15.0. The van der Waals surface area contributed by atoms with Crippen molar-refractivity contribution in [3.8, 4) is 0 Å². The normalized spacial score (nSPS) is 18.9. The molecular formula is C15H22BrN3O. The molecule has 0 saturated carbocycles. The number of hydrogen-bond donors (Lipinski definition) is 2. The molecule has 1 aromatic rings. The van der Waals surface area contributed by atoms with Crippen LogP contribution < -0.4 is 16.0 Å². The molecule has 5 heteroatoms. The second-order valence-corrected chi connectivity index (χ2v) is 6.80. The van der Waals surface area contributed by atoms with Gasteiger partial charge in [0.1, 0.15) is 6.04 Å². The van der Waals surface area contributed by atoms with Crippen LogP contribution >= 0.6 is 15.9 Å². The van der Waals surface area contributed by atoms with Gasteiger partial charge in [-0.25, -0.2) is 0 Å². The second kappa shape index (κ2) is 5.74. The van der Waals surface area contributed by atoms with Crippen LogP contribution in [0.5, 0.6) is 0 Å². The number of carbonyl (C=O) groups is 1. The molecule has 0 aliphatic carbocycles. The van der Waals surface area contributed by atoms with Crippen LogP contribution in [0.4, 0.5) is 11.4 Å². The third-order valence-corrected chi connectivity index (χ3v) is 4.48. The van der Waals surface area contributed by atoms with Gasteiger partial charge in [0.25, 0.3) is 0 Å². The first-order valence-corrected chi connectivity index (χ1v) is 7.73. The molecule has 3 N–H and O–H groups in total. The maximum atomic E-state index is 11.6. The van der Waals surface area contributed by atoms with E-state index in [0.29, 0.717) is 12.0 Å². The van der Waals surface area contributed by atoms with Crippen LogP contribution in [-0.2, 0) is 4.79 Å². The molecule has 2 rings (SSSR count). The Labute approximate surface area is 128 Å². The molecule has 1 aromatic carbocycles. The zero-order valence-corrected chi connectivity index (χ0v) is 14.0. The molecule has 0 spiro atoms. The minimum Gasteiger partial charge on any atom is -0.371 e. The van der Waals surface area contributed by atoms with Crippen molar-refractivity contribution < 1.29 is 4.79 Å². The van der Waals surface area contributed by atoms with E-state index < -0.39 is 6.04 Å². The van der Waals surface area contributed by atoms with Crippen LogP contribution in [0.1, 0.15) is 38.8 Å². The smallest absolute Gasteiger partial charge is 0.245 e. The highest BCUT2D eigenvalue weighted by Crippen LogP contribution is 2.38. The predicted octanol–water partition coefficient (Wildman–Crippen LogP) is 3.27. The van der Waals surface area contributed by atoms with Gasteiger partial charge in [-0.05, 0) is 47.3 Å². The molecule has 1 aliphatic heterocycles. The number of nitrogens with zero attached hydrogens (tertiary/aromatic N) is 1. The molecule has 20 heavy (non-hydrogen) atoms. The van der Waals surface area contributed by atoms with E-state index in [2.05, 4.69) is 54.0 Å².